The Kier molecular flexibility index (Phi) is 4.12. The molecule has 1 fully saturated rings. The van der Waals surface area contributed by atoms with Gasteiger partial charge in [-0.25, -0.2) is 0 Å². The molecule has 2 nitrogen and oxygen atoms in total. The molecule has 0 aliphatic carbocycles. The molecule has 0 atom stereocenters. The molecule has 1 aliphatic heterocycles. The molecule has 0 aromatic heterocycles. The Balaban J connectivity index is 2.47. The first kappa shape index (κ1) is 9.56. The summed E-state index contributed by atoms with van der Waals surface area (Å²) < 4.78 is 0. The minimum atomic E-state index is 1.08. The summed E-state index contributed by atoms with van der Waals surface area (Å²) in [5.74, 6) is 1.29. The van der Waals surface area contributed by atoms with Crippen molar-refractivity contribution in [3.63, 3.8) is 0 Å². The Bertz CT molecular complexity index is 144. The van der Waals surface area contributed by atoms with Gasteiger partial charge < -0.3 is 4.90 Å². The lowest BCUT2D eigenvalue weighted by Gasteiger charge is -2.23. The smallest absolute Gasteiger partial charge is 0.0982 e. The van der Waals surface area contributed by atoms with Crippen molar-refractivity contribution in [1.82, 2.24) is 4.90 Å². The van der Waals surface area contributed by atoms with Crippen molar-refractivity contribution in [3.05, 3.63) is 0 Å². The van der Waals surface area contributed by atoms with E-state index in [1.54, 1.807) is 0 Å². The van der Waals surface area contributed by atoms with Gasteiger partial charge >= 0.3 is 0 Å². The second kappa shape index (κ2) is 5.18. The zero-order valence-corrected chi connectivity index (χ0v) is 8.34. The van der Waals surface area contributed by atoms with Crippen LogP contribution in [0.3, 0.4) is 0 Å². The predicted molar refractivity (Wildman–Crippen MR) is 53.7 cm³/mol. The normalized spacial score (nSPS) is 20.8. The lowest BCUT2D eigenvalue weighted by Crippen LogP contribution is -2.31. The van der Waals surface area contributed by atoms with E-state index < -0.39 is 0 Å². The lowest BCUT2D eigenvalue weighted by atomic mass is 10.2. The monoisotopic (exact) mass is 168 g/mol. The summed E-state index contributed by atoms with van der Waals surface area (Å²) in [5.41, 5.74) is 0. The minimum Gasteiger partial charge on any atom is -0.360 e. The third-order valence-corrected chi connectivity index (χ3v) is 2.55. The molecule has 0 amide bonds. The van der Waals surface area contributed by atoms with Gasteiger partial charge in [0, 0.05) is 26.6 Å². The molecule has 0 N–H and O–H groups in total. The molecule has 70 valence electrons. The minimum absolute atomic E-state index is 1.08. The van der Waals surface area contributed by atoms with Crippen LogP contribution in [0.5, 0.6) is 0 Å². The van der Waals surface area contributed by atoms with Crippen molar-refractivity contribution in [3.8, 4) is 0 Å². The van der Waals surface area contributed by atoms with Crippen molar-refractivity contribution in [1.29, 1.82) is 0 Å². The summed E-state index contributed by atoms with van der Waals surface area (Å²) in [7, 11) is 1.91. The van der Waals surface area contributed by atoms with E-state index in [1.165, 1.54) is 44.6 Å². The molecule has 0 bridgehead atoms. The quantitative estimate of drug-likeness (QED) is 0.433. The maximum Gasteiger partial charge on any atom is 0.0982 e. The highest BCUT2D eigenvalue weighted by atomic mass is 15.2. The van der Waals surface area contributed by atoms with Crippen molar-refractivity contribution < 1.29 is 0 Å². The largest absolute Gasteiger partial charge is 0.360 e. The van der Waals surface area contributed by atoms with Crippen LogP contribution < -0.4 is 0 Å². The van der Waals surface area contributed by atoms with Crippen molar-refractivity contribution in [2.24, 2.45) is 4.99 Å². The highest BCUT2D eigenvalue weighted by molar-refractivity contribution is 5.81. The van der Waals surface area contributed by atoms with Crippen molar-refractivity contribution in [2.75, 3.05) is 20.1 Å². The Hall–Kier alpha value is -0.530. The molecule has 1 heterocycles. The highest BCUT2D eigenvalue weighted by Gasteiger charge is 2.10. The average molecular weight is 168 g/mol. The fourth-order valence-corrected chi connectivity index (χ4v) is 1.85. The van der Waals surface area contributed by atoms with Crippen LogP contribution in [-0.4, -0.2) is 30.9 Å². The first-order valence-electron chi connectivity index (χ1n) is 5.09. The van der Waals surface area contributed by atoms with E-state index in [2.05, 4.69) is 16.8 Å². The second-order valence-corrected chi connectivity index (χ2v) is 3.39. The van der Waals surface area contributed by atoms with Crippen LogP contribution in [0.4, 0.5) is 0 Å². The molecule has 0 radical (unpaired) electrons. The summed E-state index contributed by atoms with van der Waals surface area (Å²) in [6, 6.07) is 0. The zero-order valence-electron chi connectivity index (χ0n) is 8.34. The van der Waals surface area contributed by atoms with Crippen LogP contribution in [-0.2, 0) is 0 Å². The molecule has 1 rings (SSSR count). The molecule has 0 unspecified atom stereocenters. The molecule has 12 heavy (non-hydrogen) atoms. The van der Waals surface area contributed by atoms with Gasteiger partial charge in [-0.3, -0.25) is 4.99 Å². The number of aliphatic imine (C=N–C) groups is 1. The maximum absolute atomic E-state index is 4.31. The Morgan fingerprint density at radius 3 is 2.17 bits per heavy atom. The van der Waals surface area contributed by atoms with E-state index in [4.69, 9.17) is 0 Å². The predicted octanol–water partition coefficient (Wildman–Crippen LogP) is 2.30. The number of rotatable bonds is 1. The van der Waals surface area contributed by atoms with E-state index in [-0.39, 0.29) is 0 Å². The first-order valence-corrected chi connectivity index (χ1v) is 5.09. The van der Waals surface area contributed by atoms with Crippen LogP contribution in [0.1, 0.15) is 39.0 Å². The fourth-order valence-electron chi connectivity index (χ4n) is 1.85. The van der Waals surface area contributed by atoms with Gasteiger partial charge in [0.2, 0.25) is 0 Å². The zero-order chi connectivity index (χ0) is 8.81. The van der Waals surface area contributed by atoms with Gasteiger partial charge in [-0.1, -0.05) is 19.8 Å². The molecule has 0 saturated carbocycles. The molecular formula is C10H20N2. The number of hydrogen-bond donors (Lipinski definition) is 0. The Morgan fingerprint density at radius 2 is 1.75 bits per heavy atom. The van der Waals surface area contributed by atoms with E-state index in [0.29, 0.717) is 0 Å². The van der Waals surface area contributed by atoms with Gasteiger partial charge in [-0.2, -0.15) is 0 Å². The van der Waals surface area contributed by atoms with Crippen LogP contribution in [0.15, 0.2) is 4.99 Å². The van der Waals surface area contributed by atoms with Gasteiger partial charge in [-0.05, 0) is 12.8 Å². The molecule has 0 spiro atoms. The molecule has 0 aromatic rings. The standard InChI is InChI=1S/C10H20N2/c1-3-10(11-2)12-8-6-4-5-7-9-12/h3-9H2,1-2H3. The van der Waals surface area contributed by atoms with Crippen LogP contribution >= 0.6 is 0 Å². The van der Waals surface area contributed by atoms with Gasteiger partial charge in [0.25, 0.3) is 0 Å². The van der Waals surface area contributed by atoms with Gasteiger partial charge in [0.15, 0.2) is 0 Å². The number of amidine groups is 1. The Labute approximate surface area is 75.7 Å². The van der Waals surface area contributed by atoms with Gasteiger partial charge in [-0.15, -0.1) is 0 Å². The van der Waals surface area contributed by atoms with E-state index in [1.807, 2.05) is 7.05 Å². The van der Waals surface area contributed by atoms with E-state index in [0.717, 1.165) is 6.42 Å². The highest BCUT2D eigenvalue weighted by Crippen LogP contribution is 2.10. The topological polar surface area (TPSA) is 15.6 Å². The van der Waals surface area contributed by atoms with Crippen LogP contribution in [0, 0.1) is 0 Å². The van der Waals surface area contributed by atoms with E-state index in [9.17, 15) is 0 Å². The van der Waals surface area contributed by atoms with Crippen LogP contribution in [0.25, 0.3) is 0 Å². The second-order valence-electron chi connectivity index (χ2n) is 3.39. The Morgan fingerprint density at radius 1 is 1.17 bits per heavy atom. The summed E-state index contributed by atoms with van der Waals surface area (Å²) in [5, 5.41) is 0. The molecular weight excluding hydrogens is 148 g/mol. The average Bonchev–Trinajstić information content (AvgIpc) is 2.35. The van der Waals surface area contributed by atoms with Crippen LogP contribution in [0.2, 0.25) is 0 Å². The fraction of sp³-hybridized carbons (Fsp3) is 0.900. The third-order valence-electron chi connectivity index (χ3n) is 2.55. The number of hydrogen-bond acceptors (Lipinski definition) is 1. The van der Waals surface area contributed by atoms with Gasteiger partial charge in [0.1, 0.15) is 0 Å². The number of likely N-dealkylation sites (tertiary alicyclic amines) is 1. The molecule has 1 aliphatic rings. The van der Waals surface area contributed by atoms with Crippen molar-refractivity contribution >= 4 is 5.84 Å². The molecule has 2 heteroatoms. The number of nitrogens with zero attached hydrogens (tertiary/aromatic N) is 2. The summed E-state index contributed by atoms with van der Waals surface area (Å²) in [4.78, 5) is 6.77. The lowest BCUT2D eigenvalue weighted by molar-refractivity contribution is 0.427. The summed E-state index contributed by atoms with van der Waals surface area (Å²) in [6.07, 6.45) is 6.57. The first-order chi connectivity index (χ1) is 5.88. The van der Waals surface area contributed by atoms with Crippen molar-refractivity contribution in [2.45, 2.75) is 39.0 Å². The summed E-state index contributed by atoms with van der Waals surface area (Å²) in [6.45, 7) is 4.63. The molecule has 0 aromatic carbocycles. The molecule has 1 saturated heterocycles. The van der Waals surface area contributed by atoms with Gasteiger partial charge in [0.05, 0.1) is 5.84 Å². The summed E-state index contributed by atoms with van der Waals surface area (Å²) >= 11 is 0. The SMILES string of the molecule is CCC(=NC)N1CCCCCC1. The third kappa shape index (κ3) is 2.50. The maximum atomic E-state index is 4.31. The van der Waals surface area contributed by atoms with E-state index >= 15 is 0 Å².